The van der Waals surface area contributed by atoms with E-state index in [0.717, 1.165) is 32.1 Å². The minimum Gasteiger partial charge on any atom is -0.465 e. The van der Waals surface area contributed by atoms with Gasteiger partial charge in [-0.1, -0.05) is 47.7 Å². The van der Waals surface area contributed by atoms with Gasteiger partial charge < -0.3 is 9.30 Å². The van der Waals surface area contributed by atoms with E-state index in [1.807, 2.05) is 56.3 Å². The lowest BCUT2D eigenvalue weighted by atomic mass is 10.1. The molecular formula is C24H22N2O3S. The van der Waals surface area contributed by atoms with Crippen LogP contribution in [0.3, 0.4) is 0 Å². The third kappa shape index (κ3) is 3.91. The normalized spacial score (nSPS) is 11.9. The molecule has 0 radical (unpaired) electrons. The molecule has 0 aliphatic carbocycles. The number of benzene rings is 3. The van der Waals surface area contributed by atoms with Gasteiger partial charge in [-0.15, -0.1) is 0 Å². The molecule has 0 fully saturated rings. The van der Waals surface area contributed by atoms with E-state index in [4.69, 9.17) is 4.74 Å². The predicted molar refractivity (Wildman–Crippen MR) is 120 cm³/mol. The molecule has 3 aromatic carbocycles. The molecule has 1 amide bonds. The summed E-state index contributed by atoms with van der Waals surface area (Å²) < 4.78 is 7.92. The molecule has 1 aromatic heterocycles. The Morgan fingerprint density at radius 3 is 2.57 bits per heavy atom. The molecule has 6 heteroatoms. The Kier molecular flexibility index (Phi) is 5.50. The highest BCUT2D eigenvalue weighted by molar-refractivity contribution is 7.16. The van der Waals surface area contributed by atoms with Gasteiger partial charge in [-0.2, -0.15) is 4.99 Å². The van der Waals surface area contributed by atoms with Crippen molar-refractivity contribution in [3.63, 3.8) is 0 Å². The maximum absolute atomic E-state index is 13.0. The molecule has 0 aliphatic rings. The van der Waals surface area contributed by atoms with Gasteiger partial charge in [0, 0.05) is 5.56 Å². The third-order valence-electron chi connectivity index (χ3n) is 4.90. The van der Waals surface area contributed by atoms with Gasteiger partial charge in [-0.25, -0.2) is 0 Å². The van der Waals surface area contributed by atoms with Crippen molar-refractivity contribution in [2.75, 3.05) is 6.61 Å². The average Bonchev–Trinajstić information content (AvgIpc) is 3.05. The van der Waals surface area contributed by atoms with Gasteiger partial charge in [-0.3, -0.25) is 9.59 Å². The summed E-state index contributed by atoms with van der Waals surface area (Å²) in [6.45, 7) is 6.13. The third-order valence-corrected chi connectivity index (χ3v) is 6.13. The van der Waals surface area contributed by atoms with Crippen LogP contribution in [0.25, 0.3) is 21.0 Å². The molecule has 0 spiro atoms. The number of ether oxygens (including phenoxy) is 1. The maximum Gasteiger partial charge on any atom is 0.326 e. The summed E-state index contributed by atoms with van der Waals surface area (Å²) in [7, 11) is 0. The molecule has 0 aliphatic heterocycles. The van der Waals surface area contributed by atoms with E-state index in [9.17, 15) is 9.59 Å². The van der Waals surface area contributed by atoms with Crippen molar-refractivity contribution in [2.45, 2.75) is 27.3 Å². The lowest BCUT2D eigenvalue weighted by Gasteiger charge is -2.06. The first-order valence-corrected chi connectivity index (χ1v) is 10.6. The van der Waals surface area contributed by atoms with E-state index in [-0.39, 0.29) is 18.4 Å². The van der Waals surface area contributed by atoms with Gasteiger partial charge in [0.2, 0.25) is 0 Å². The van der Waals surface area contributed by atoms with Gasteiger partial charge in [0.25, 0.3) is 5.91 Å². The molecule has 5 nitrogen and oxygen atoms in total. The van der Waals surface area contributed by atoms with Crippen molar-refractivity contribution >= 4 is 44.2 Å². The Morgan fingerprint density at radius 1 is 1.03 bits per heavy atom. The van der Waals surface area contributed by atoms with Crippen LogP contribution < -0.4 is 4.80 Å². The molecule has 0 bridgehead atoms. The topological polar surface area (TPSA) is 60.7 Å². The summed E-state index contributed by atoms with van der Waals surface area (Å²) in [4.78, 5) is 30.1. The quantitative estimate of drug-likeness (QED) is 0.448. The fourth-order valence-electron chi connectivity index (χ4n) is 3.56. The van der Waals surface area contributed by atoms with Crippen LogP contribution >= 0.6 is 11.3 Å². The fraction of sp³-hybridized carbons (Fsp3) is 0.208. The zero-order valence-electron chi connectivity index (χ0n) is 17.1. The molecular weight excluding hydrogens is 396 g/mol. The largest absolute Gasteiger partial charge is 0.465 e. The summed E-state index contributed by atoms with van der Waals surface area (Å²) in [5.41, 5.74) is 3.58. The summed E-state index contributed by atoms with van der Waals surface area (Å²) in [6.07, 6.45) is 0. The van der Waals surface area contributed by atoms with E-state index in [1.165, 1.54) is 11.3 Å². The Balaban J connectivity index is 1.84. The summed E-state index contributed by atoms with van der Waals surface area (Å²) in [5, 5.41) is 2.06. The molecule has 0 saturated heterocycles. The number of thiazole rings is 1. The van der Waals surface area contributed by atoms with E-state index in [2.05, 4.69) is 11.1 Å². The number of hydrogen-bond acceptors (Lipinski definition) is 4. The van der Waals surface area contributed by atoms with Crippen LogP contribution in [0.4, 0.5) is 0 Å². The van der Waals surface area contributed by atoms with Gasteiger partial charge >= 0.3 is 5.97 Å². The van der Waals surface area contributed by atoms with Crippen LogP contribution in [0.2, 0.25) is 0 Å². The van der Waals surface area contributed by atoms with Crippen LogP contribution in [0.5, 0.6) is 0 Å². The van der Waals surface area contributed by atoms with Crippen molar-refractivity contribution in [2.24, 2.45) is 4.99 Å². The van der Waals surface area contributed by atoms with Crippen molar-refractivity contribution in [3.8, 4) is 0 Å². The highest BCUT2D eigenvalue weighted by Crippen LogP contribution is 2.24. The number of fused-ring (bicyclic) bond motifs is 2. The Hall–Kier alpha value is -3.25. The Bertz CT molecular complexity index is 1350. The van der Waals surface area contributed by atoms with Crippen LogP contribution in [0.15, 0.2) is 59.6 Å². The van der Waals surface area contributed by atoms with Crippen LogP contribution in [-0.4, -0.2) is 23.1 Å². The molecule has 30 heavy (non-hydrogen) atoms. The second kappa shape index (κ2) is 8.24. The highest BCUT2D eigenvalue weighted by atomic mass is 32.1. The molecule has 152 valence electrons. The molecule has 4 aromatic rings. The lowest BCUT2D eigenvalue weighted by molar-refractivity contribution is -0.143. The van der Waals surface area contributed by atoms with Gasteiger partial charge in [-0.05, 0) is 60.9 Å². The number of aryl methyl sites for hydroxylation is 2. The number of hydrogen-bond donors (Lipinski definition) is 0. The van der Waals surface area contributed by atoms with Crippen molar-refractivity contribution in [1.29, 1.82) is 0 Å². The van der Waals surface area contributed by atoms with E-state index in [1.54, 1.807) is 17.6 Å². The standard InChI is InChI=1S/C24H22N2O3S/c1-4-29-21(27)14-26-20-12-15(2)11-16(3)22(20)30-24(26)25-23(28)19-10-9-17-7-5-6-8-18(17)13-19/h5-13H,4,14H2,1-3H3. The first-order valence-electron chi connectivity index (χ1n) is 9.80. The van der Waals surface area contributed by atoms with Crippen molar-refractivity contribution < 1.29 is 14.3 Å². The van der Waals surface area contributed by atoms with Gasteiger partial charge in [0.05, 0.1) is 16.8 Å². The molecule has 0 N–H and O–H groups in total. The van der Waals surface area contributed by atoms with Crippen LogP contribution in [0, 0.1) is 13.8 Å². The number of rotatable bonds is 4. The first kappa shape index (κ1) is 20.0. The SMILES string of the molecule is CCOC(=O)Cn1c(=NC(=O)c2ccc3ccccc3c2)sc2c(C)cc(C)cc21. The number of carbonyl (C=O) groups is 2. The molecule has 1 heterocycles. The monoisotopic (exact) mass is 418 g/mol. The molecule has 0 saturated carbocycles. The minimum absolute atomic E-state index is 0.0145. The second-order valence-electron chi connectivity index (χ2n) is 7.18. The van der Waals surface area contributed by atoms with E-state index in [0.29, 0.717) is 17.0 Å². The fourth-order valence-corrected chi connectivity index (χ4v) is 4.64. The number of amides is 1. The number of nitrogens with zero attached hydrogens (tertiary/aromatic N) is 2. The van der Waals surface area contributed by atoms with E-state index < -0.39 is 0 Å². The smallest absolute Gasteiger partial charge is 0.326 e. The molecule has 0 atom stereocenters. The van der Waals surface area contributed by atoms with E-state index >= 15 is 0 Å². The minimum atomic E-state index is -0.351. The van der Waals surface area contributed by atoms with Crippen LogP contribution in [-0.2, 0) is 16.1 Å². The molecule has 0 unspecified atom stereocenters. The Morgan fingerprint density at radius 2 is 1.80 bits per heavy atom. The van der Waals surface area contributed by atoms with Gasteiger partial charge in [0.15, 0.2) is 4.80 Å². The maximum atomic E-state index is 13.0. The zero-order valence-corrected chi connectivity index (χ0v) is 18.0. The summed E-state index contributed by atoms with van der Waals surface area (Å²) in [6, 6.07) is 17.5. The van der Waals surface area contributed by atoms with Crippen molar-refractivity contribution in [1.82, 2.24) is 4.57 Å². The number of aromatic nitrogens is 1. The zero-order chi connectivity index (χ0) is 21.3. The number of esters is 1. The first-order chi connectivity index (χ1) is 14.5. The van der Waals surface area contributed by atoms with Crippen molar-refractivity contribution in [3.05, 3.63) is 76.1 Å². The summed E-state index contributed by atoms with van der Waals surface area (Å²) in [5.74, 6) is -0.685. The Labute approximate surface area is 178 Å². The predicted octanol–water partition coefficient (Wildman–Crippen LogP) is 4.78. The second-order valence-corrected chi connectivity index (χ2v) is 8.16. The van der Waals surface area contributed by atoms with Gasteiger partial charge in [0.1, 0.15) is 6.54 Å². The number of carbonyl (C=O) groups excluding carboxylic acids is 2. The lowest BCUT2D eigenvalue weighted by Crippen LogP contribution is -2.23. The molecule has 4 rings (SSSR count). The average molecular weight is 419 g/mol. The highest BCUT2D eigenvalue weighted by Gasteiger charge is 2.15. The van der Waals surface area contributed by atoms with Crippen LogP contribution in [0.1, 0.15) is 28.4 Å². The summed E-state index contributed by atoms with van der Waals surface area (Å²) >= 11 is 1.41.